The molecular formula is C3H7N9O2. The summed E-state index contributed by atoms with van der Waals surface area (Å²) in [5.74, 6) is 7.71. The quantitative estimate of drug-likeness (QED) is 0.264. The molecule has 0 bridgehead atoms. The van der Waals surface area contributed by atoms with Gasteiger partial charge in [0.15, 0.2) is 0 Å². The first-order chi connectivity index (χ1) is 6.79. The van der Waals surface area contributed by atoms with E-state index in [1.165, 1.54) is 0 Å². The minimum Gasteiger partial charge on any atom is -0.843 e. The van der Waals surface area contributed by atoms with E-state index < -0.39 is 6.01 Å². The molecule has 2 aromatic heterocycles. The molecule has 0 fully saturated rings. The number of aromatic amines is 1. The highest BCUT2D eigenvalue weighted by molar-refractivity contribution is 5.41. The molecular weight excluding hydrogens is 194 g/mol. The molecule has 0 aliphatic rings. The van der Waals surface area contributed by atoms with Gasteiger partial charge in [0, 0.05) is 0 Å². The van der Waals surface area contributed by atoms with Gasteiger partial charge >= 0.3 is 0 Å². The second-order valence-electron chi connectivity index (χ2n) is 1.91. The molecule has 0 saturated carbocycles. The van der Waals surface area contributed by atoms with Gasteiger partial charge in [-0.15, -0.1) is 20.4 Å². The second kappa shape index (κ2) is 4.11. The Bertz CT molecular complexity index is 379. The molecule has 0 amide bonds. The lowest BCUT2D eigenvalue weighted by molar-refractivity contribution is -0.670. The number of tetrazole rings is 1. The number of H-pyrrole nitrogens is 1. The van der Waals surface area contributed by atoms with Crippen LogP contribution < -0.4 is 16.8 Å². The molecule has 0 aromatic carbocycles. The molecule has 2 rings (SSSR count). The molecule has 0 aliphatic carbocycles. The smallest absolute Gasteiger partial charge is 0.243 e. The molecule has 76 valence electrons. The Hall–Kier alpha value is -2.27. The van der Waals surface area contributed by atoms with Crippen molar-refractivity contribution in [3.8, 4) is 17.7 Å². The van der Waals surface area contributed by atoms with E-state index in [1.54, 1.807) is 0 Å². The zero-order valence-corrected chi connectivity index (χ0v) is 6.82. The fourth-order valence-electron chi connectivity index (χ4n) is 0.686. The van der Waals surface area contributed by atoms with Crippen LogP contribution >= 0.6 is 0 Å². The number of nitrogens with two attached hydrogens (primary N) is 1. The van der Waals surface area contributed by atoms with Crippen molar-refractivity contribution in [3.05, 3.63) is 0 Å². The summed E-state index contributed by atoms with van der Waals surface area (Å²) in [4.78, 5) is 0. The van der Waals surface area contributed by atoms with Crippen molar-refractivity contribution in [1.82, 2.24) is 35.5 Å². The lowest BCUT2D eigenvalue weighted by atomic mass is 10.6. The first-order valence-electron chi connectivity index (χ1n) is 3.22. The normalized spacial score (nSPS) is 9.29. The van der Waals surface area contributed by atoms with Crippen LogP contribution in [0.5, 0.6) is 6.01 Å². The summed E-state index contributed by atoms with van der Waals surface area (Å²) in [5, 5.41) is 36.7. The first-order valence-corrected chi connectivity index (χ1v) is 3.22. The van der Waals surface area contributed by atoms with Crippen molar-refractivity contribution in [1.29, 1.82) is 0 Å². The number of quaternary nitrogens is 1. The summed E-state index contributed by atoms with van der Waals surface area (Å²) in [6, 6.07) is -0.658. The summed E-state index contributed by atoms with van der Waals surface area (Å²) in [7, 11) is 0. The molecule has 11 heteroatoms. The number of nitrogens with one attached hydrogen (secondary N) is 1. The second-order valence-corrected chi connectivity index (χ2v) is 1.91. The highest BCUT2D eigenvalue weighted by Gasteiger charge is 2.10. The lowest BCUT2D eigenvalue weighted by Crippen LogP contribution is -2.42. The van der Waals surface area contributed by atoms with Gasteiger partial charge < -0.3 is 10.9 Å². The highest BCUT2D eigenvalue weighted by atomic mass is 16.4. The lowest BCUT2D eigenvalue weighted by Gasteiger charge is -2.01. The van der Waals surface area contributed by atoms with Crippen molar-refractivity contribution < 1.29 is 16.2 Å². The number of rotatable bonds is 1. The Kier molecular flexibility index (Phi) is 2.88. The van der Waals surface area contributed by atoms with E-state index in [0.717, 1.165) is 4.68 Å². The number of hydrogen-bond donors (Lipinski definition) is 4. The summed E-state index contributed by atoms with van der Waals surface area (Å²) in [6.07, 6.45) is 0. The maximum Gasteiger partial charge on any atom is 0.243 e. The average Bonchev–Trinajstić information content (AvgIpc) is 2.82. The minimum absolute atomic E-state index is 0.0775. The minimum atomic E-state index is -0.658. The largest absolute Gasteiger partial charge is 0.843 e. The van der Waals surface area contributed by atoms with Gasteiger partial charge in [0.25, 0.3) is 0 Å². The Labute approximate surface area is 76.3 Å². The fraction of sp³-hybridized carbons (Fsp3) is 0. The Morgan fingerprint density at radius 3 is 2.50 bits per heavy atom. The molecule has 0 aliphatic heterocycles. The predicted octanol–water partition coefficient (Wildman–Crippen LogP) is -4.14. The van der Waals surface area contributed by atoms with Gasteiger partial charge in [0.1, 0.15) is 6.01 Å². The Balaban J connectivity index is 0.000000461. The first kappa shape index (κ1) is 9.82. The van der Waals surface area contributed by atoms with Gasteiger partial charge in [0.05, 0.1) is 0 Å². The van der Waals surface area contributed by atoms with Crippen LogP contribution in [0.1, 0.15) is 0 Å². The van der Waals surface area contributed by atoms with Crippen LogP contribution in [0, 0.1) is 0 Å². The number of aromatic nitrogens is 7. The van der Waals surface area contributed by atoms with Crippen molar-refractivity contribution in [2.45, 2.75) is 0 Å². The third-order valence-corrected chi connectivity index (χ3v) is 1.21. The maximum absolute atomic E-state index is 10.7. The molecule has 0 radical (unpaired) electrons. The van der Waals surface area contributed by atoms with E-state index >= 15 is 0 Å². The summed E-state index contributed by atoms with van der Waals surface area (Å²) in [5.41, 5.74) is 0. The van der Waals surface area contributed by atoms with Gasteiger partial charge in [-0.2, -0.15) is 5.21 Å². The van der Waals surface area contributed by atoms with Crippen molar-refractivity contribution in [3.63, 3.8) is 0 Å². The van der Waals surface area contributed by atoms with Gasteiger partial charge in [-0.3, -0.25) is 0 Å². The molecule has 2 aromatic rings. The SMILES string of the molecule is Nn1c([O-])nnc1-c1nn[nH]n1.[NH3+]O. The van der Waals surface area contributed by atoms with E-state index in [4.69, 9.17) is 11.0 Å². The van der Waals surface area contributed by atoms with Crippen LogP contribution in [0.15, 0.2) is 0 Å². The summed E-state index contributed by atoms with van der Waals surface area (Å²) in [6.45, 7) is 0. The van der Waals surface area contributed by atoms with Gasteiger partial charge in [-0.25, -0.2) is 15.8 Å². The highest BCUT2D eigenvalue weighted by Crippen LogP contribution is 2.09. The van der Waals surface area contributed by atoms with Crippen molar-refractivity contribution in [2.24, 2.45) is 0 Å². The van der Waals surface area contributed by atoms with E-state index in [2.05, 4.69) is 36.7 Å². The van der Waals surface area contributed by atoms with Crippen LogP contribution in [-0.4, -0.2) is 40.7 Å². The van der Waals surface area contributed by atoms with Crippen LogP contribution in [0.3, 0.4) is 0 Å². The molecule has 2 heterocycles. The zero-order valence-electron chi connectivity index (χ0n) is 6.82. The number of hydrogen-bond acceptors (Lipinski definition) is 8. The van der Waals surface area contributed by atoms with Gasteiger partial charge in [0.2, 0.25) is 11.6 Å². The van der Waals surface area contributed by atoms with Crippen LogP contribution in [0.2, 0.25) is 0 Å². The summed E-state index contributed by atoms with van der Waals surface area (Å²) < 4.78 is 0.741. The fourth-order valence-corrected chi connectivity index (χ4v) is 0.686. The zero-order chi connectivity index (χ0) is 10.6. The molecule has 0 saturated heterocycles. The van der Waals surface area contributed by atoms with Crippen molar-refractivity contribution >= 4 is 0 Å². The number of nitrogens with zero attached hydrogens (tertiary/aromatic N) is 6. The Morgan fingerprint density at radius 2 is 2.07 bits per heavy atom. The van der Waals surface area contributed by atoms with Gasteiger partial charge in [-0.1, -0.05) is 0 Å². The molecule has 7 N–H and O–H groups in total. The Morgan fingerprint density at radius 1 is 1.36 bits per heavy atom. The topological polar surface area (TPSA) is 182 Å². The molecule has 0 spiro atoms. The maximum atomic E-state index is 10.7. The molecule has 0 atom stereocenters. The van der Waals surface area contributed by atoms with Gasteiger partial charge in [-0.05, 0) is 5.21 Å². The van der Waals surface area contributed by atoms with E-state index in [9.17, 15) is 5.11 Å². The number of nitrogen functional groups attached to an aromatic ring is 1. The van der Waals surface area contributed by atoms with E-state index in [0.29, 0.717) is 0 Å². The van der Waals surface area contributed by atoms with Crippen LogP contribution in [0.25, 0.3) is 11.6 Å². The predicted molar refractivity (Wildman–Crippen MR) is 37.5 cm³/mol. The van der Waals surface area contributed by atoms with Crippen LogP contribution in [-0.2, 0) is 0 Å². The van der Waals surface area contributed by atoms with E-state index in [-0.39, 0.29) is 11.6 Å². The molecule has 0 unspecified atom stereocenters. The van der Waals surface area contributed by atoms with E-state index in [1.807, 2.05) is 0 Å². The van der Waals surface area contributed by atoms with Crippen LogP contribution in [0.4, 0.5) is 0 Å². The average molecular weight is 201 g/mol. The molecule has 14 heavy (non-hydrogen) atoms. The third kappa shape index (κ3) is 1.57. The molecule has 11 nitrogen and oxygen atoms in total. The monoisotopic (exact) mass is 201 g/mol. The third-order valence-electron chi connectivity index (χ3n) is 1.21. The summed E-state index contributed by atoms with van der Waals surface area (Å²) >= 11 is 0. The standard InChI is InChI=1S/C3H4N8O.H4NO/c4-11-2(7-8-3(11)12)1-5-9-10-6-1;1-2/h4H2,(H,8,12)(H,5,6,9,10);2H,1H3/q;+1/p-1. The van der Waals surface area contributed by atoms with Crippen molar-refractivity contribution in [2.75, 3.05) is 5.84 Å².